The number of rotatable bonds is 9. The van der Waals surface area contributed by atoms with Crippen LogP contribution in [0.15, 0.2) is 0 Å². The lowest BCUT2D eigenvalue weighted by Crippen LogP contribution is -2.41. The van der Waals surface area contributed by atoms with Crippen molar-refractivity contribution in [1.29, 1.82) is 0 Å². The molecule has 0 aromatic carbocycles. The van der Waals surface area contributed by atoms with Crippen LogP contribution >= 0.6 is 0 Å². The van der Waals surface area contributed by atoms with E-state index in [1.54, 1.807) is 4.90 Å². The Balaban J connectivity index is 4.05. The van der Waals surface area contributed by atoms with E-state index in [-0.39, 0.29) is 6.09 Å². The standard InChI is InChI=1S/C16H34N2O2/c1-7-9-14(3)13-17-10-12-18(11-8-2)15(19)20-16(4,5)6/h14,17H,7-13H2,1-6H3. The highest BCUT2D eigenvalue weighted by atomic mass is 16.6. The van der Waals surface area contributed by atoms with Crippen LogP contribution in [0.3, 0.4) is 0 Å². The number of amides is 1. The molecule has 0 rings (SSSR count). The normalized spacial score (nSPS) is 13.1. The van der Waals surface area contributed by atoms with E-state index in [0.29, 0.717) is 12.5 Å². The van der Waals surface area contributed by atoms with Crippen LogP contribution in [0.4, 0.5) is 4.79 Å². The Bertz CT molecular complexity index is 262. The van der Waals surface area contributed by atoms with Crippen molar-refractivity contribution in [3.8, 4) is 0 Å². The Kier molecular flexibility index (Phi) is 9.64. The van der Waals surface area contributed by atoms with Gasteiger partial charge in [0.15, 0.2) is 0 Å². The van der Waals surface area contributed by atoms with E-state index in [9.17, 15) is 4.79 Å². The molecule has 0 bridgehead atoms. The maximum Gasteiger partial charge on any atom is 0.410 e. The summed E-state index contributed by atoms with van der Waals surface area (Å²) in [7, 11) is 0. The largest absolute Gasteiger partial charge is 0.444 e. The van der Waals surface area contributed by atoms with E-state index in [0.717, 1.165) is 26.1 Å². The number of carbonyl (C=O) groups is 1. The minimum absolute atomic E-state index is 0.206. The van der Waals surface area contributed by atoms with Gasteiger partial charge < -0.3 is 15.0 Å². The Hall–Kier alpha value is -0.770. The molecule has 1 unspecified atom stereocenters. The third kappa shape index (κ3) is 10.1. The van der Waals surface area contributed by atoms with E-state index in [2.05, 4.69) is 26.1 Å². The van der Waals surface area contributed by atoms with E-state index in [4.69, 9.17) is 4.74 Å². The molecule has 1 N–H and O–H groups in total. The van der Waals surface area contributed by atoms with Gasteiger partial charge in [0.1, 0.15) is 5.60 Å². The minimum Gasteiger partial charge on any atom is -0.444 e. The summed E-state index contributed by atoms with van der Waals surface area (Å²) in [6, 6.07) is 0. The molecule has 0 fully saturated rings. The lowest BCUT2D eigenvalue weighted by molar-refractivity contribution is 0.0251. The van der Waals surface area contributed by atoms with Crippen LogP contribution < -0.4 is 5.32 Å². The highest BCUT2D eigenvalue weighted by Gasteiger charge is 2.21. The molecule has 0 spiro atoms. The molecule has 0 aliphatic rings. The van der Waals surface area contributed by atoms with Crippen LogP contribution in [0.1, 0.15) is 60.8 Å². The summed E-state index contributed by atoms with van der Waals surface area (Å²) in [5, 5.41) is 3.43. The van der Waals surface area contributed by atoms with Crippen molar-refractivity contribution in [3.05, 3.63) is 0 Å². The second kappa shape index (κ2) is 10.0. The Morgan fingerprint density at radius 2 is 1.85 bits per heavy atom. The molecule has 4 nitrogen and oxygen atoms in total. The number of nitrogens with one attached hydrogen (secondary N) is 1. The fraction of sp³-hybridized carbons (Fsp3) is 0.938. The second-order valence-corrected chi connectivity index (χ2v) is 6.57. The van der Waals surface area contributed by atoms with Crippen molar-refractivity contribution >= 4 is 6.09 Å². The zero-order chi connectivity index (χ0) is 15.6. The Morgan fingerprint density at radius 3 is 2.35 bits per heavy atom. The second-order valence-electron chi connectivity index (χ2n) is 6.57. The van der Waals surface area contributed by atoms with Crippen molar-refractivity contribution in [2.75, 3.05) is 26.2 Å². The zero-order valence-electron chi connectivity index (χ0n) is 14.3. The smallest absolute Gasteiger partial charge is 0.410 e. The maximum absolute atomic E-state index is 12.1. The lowest BCUT2D eigenvalue weighted by Gasteiger charge is -2.27. The molecule has 0 aliphatic carbocycles. The molecule has 0 radical (unpaired) electrons. The molecule has 0 aliphatic heterocycles. The van der Waals surface area contributed by atoms with Crippen LogP contribution in [0, 0.1) is 5.92 Å². The summed E-state index contributed by atoms with van der Waals surface area (Å²) in [4.78, 5) is 13.8. The number of hydrogen-bond acceptors (Lipinski definition) is 3. The van der Waals surface area contributed by atoms with Gasteiger partial charge in [0, 0.05) is 19.6 Å². The number of hydrogen-bond donors (Lipinski definition) is 1. The van der Waals surface area contributed by atoms with Crippen LogP contribution in [-0.2, 0) is 4.74 Å². The van der Waals surface area contributed by atoms with Gasteiger partial charge >= 0.3 is 6.09 Å². The summed E-state index contributed by atoms with van der Waals surface area (Å²) in [6.07, 6.45) is 3.22. The highest BCUT2D eigenvalue weighted by molar-refractivity contribution is 5.68. The van der Waals surface area contributed by atoms with Gasteiger partial charge in [-0.3, -0.25) is 0 Å². The number of carbonyl (C=O) groups excluding carboxylic acids is 1. The zero-order valence-corrected chi connectivity index (χ0v) is 14.3. The Labute approximate surface area is 125 Å². The van der Waals surface area contributed by atoms with E-state index in [1.807, 2.05) is 20.8 Å². The van der Waals surface area contributed by atoms with Gasteiger partial charge in [-0.05, 0) is 46.1 Å². The molecular weight excluding hydrogens is 252 g/mol. The van der Waals surface area contributed by atoms with E-state index >= 15 is 0 Å². The molecule has 0 aromatic rings. The van der Waals surface area contributed by atoms with Crippen molar-refractivity contribution in [1.82, 2.24) is 10.2 Å². The molecule has 120 valence electrons. The van der Waals surface area contributed by atoms with Crippen molar-refractivity contribution in [2.24, 2.45) is 5.92 Å². The Morgan fingerprint density at radius 1 is 1.20 bits per heavy atom. The van der Waals surface area contributed by atoms with Gasteiger partial charge in [-0.15, -0.1) is 0 Å². The third-order valence-electron chi connectivity index (χ3n) is 2.98. The quantitative estimate of drug-likeness (QED) is 0.658. The highest BCUT2D eigenvalue weighted by Crippen LogP contribution is 2.10. The predicted octanol–water partition coefficient (Wildman–Crippen LogP) is 3.66. The molecule has 0 aromatic heterocycles. The predicted molar refractivity (Wildman–Crippen MR) is 85.0 cm³/mol. The monoisotopic (exact) mass is 286 g/mol. The van der Waals surface area contributed by atoms with Crippen LogP contribution in [0.25, 0.3) is 0 Å². The first-order chi connectivity index (χ1) is 9.30. The molecule has 4 heteroatoms. The fourth-order valence-electron chi connectivity index (χ4n) is 2.05. The molecule has 20 heavy (non-hydrogen) atoms. The summed E-state index contributed by atoms with van der Waals surface area (Å²) in [5.41, 5.74) is -0.424. The SMILES string of the molecule is CCCC(C)CNCCN(CCC)C(=O)OC(C)(C)C. The van der Waals surface area contributed by atoms with Gasteiger partial charge in [0.2, 0.25) is 0 Å². The van der Waals surface area contributed by atoms with E-state index in [1.165, 1.54) is 12.8 Å². The molecule has 1 atom stereocenters. The molecule has 0 saturated heterocycles. The topological polar surface area (TPSA) is 41.6 Å². The number of ether oxygens (including phenoxy) is 1. The van der Waals surface area contributed by atoms with Gasteiger partial charge in [-0.1, -0.05) is 27.2 Å². The molecule has 0 heterocycles. The van der Waals surface area contributed by atoms with Gasteiger partial charge in [-0.25, -0.2) is 4.79 Å². The first-order valence-corrected chi connectivity index (χ1v) is 7.98. The maximum atomic E-state index is 12.1. The van der Waals surface area contributed by atoms with Crippen LogP contribution in [-0.4, -0.2) is 42.8 Å². The van der Waals surface area contributed by atoms with Gasteiger partial charge in [-0.2, -0.15) is 0 Å². The van der Waals surface area contributed by atoms with Crippen molar-refractivity contribution in [2.45, 2.75) is 66.4 Å². The van der Waals surface area contributed by atoms with E-state index < -0.39 is 5.60 Å². The summed E-state index contributed by atoms with van der Waals surface area (Å²) >= 11 is 0. The lowest BCUT2D eigenvalue weighted by atomic mass is 10.1. The average molecular weight is 286 g/mol. The van der Waals surface area contributed by atoms with Crippen molar-refractivity contribution in [3.63, 3.8) is 0 Å². The molecular formula is C16H34N2O2. The summed E-state index contributed by atoms with van der Waals surface area (Å²) < 4.78 is 5.43. The molecule has 1 amide bonds. The average Bonchev–Trinajstić information content (AvgIpc) is 2.31. The van der Waals surface area contributed by atoms with Gasteiger partial charge in [0.05, 0.1) is 0 Å². The number of nitrogens with zero attached hydrogens (tertiary/aromatic N) is 1. The third-order valence-corrected chi connectivity index (χ3v) is 2.98. The summed E-state index contributed by atoms with van der Waals surface area (Å²) in [6.45, 7) is 15.6. The van der Waals surface area contributed by atoms with Crippen LogP contribution in [0.5, 0.6) is 0 Å². The fourth-order valence-corrected chi connectivity index (χ4v) is 2.05. The first kappa shape index (κ1) is 19.2. The van der Waals surface area contributed by atoms with Crippen molar-refractivity contribution < 1.29 is 9.53 Å². The molecule has 0 saturated carbocycles. The van der Waals surface area contributed by atoms with Crippen LogP contribution in [0.2, 0.25) is 0 Å². The summed E-state index contributed by atoms with van der Waals surface area (Å²) in [5.74, 6) is 0.696. The van der Waals surface area contributed by atoms with Gasteiger partial charge in [0.25, 0.3) is 0 Å². The minimum atomic E-state index is -0.424. The first-order valence-electron chi connectivity index (χ1n) is 7.98.